The lowest BCUT2D eigenvalue weighted by atomic mass is 10.4. The molecule has 9 heteroatoms. The molecular formula is C4H8O7S2. The van der Waals surface area contributed by atoms with Crippen LogP contribution in [0.5, 0.6) is 0 Å². The van der Waals surface area contributed by atoms with Gasteiger partial charge in [-0.3, -0.25) is 4.18 Å². The smallest absolute Gasteiger partial charge is 0.267 e. The Labute approximate surface area is 76.0 Å². The summed E-state index contributed by atoms with van der Waals surface area (Å²) in [5.74, 6) is 0. The van der Waals surface area contributed by atoms with Crippen molar-refractivity contribution in [1.29, 1.82) is 0 Å². The average Bonchev–Trinajstić information content (AvgIpc) is 2.24. The highest BCUT2D eigenvalue weighted by molar-refractivity contribution is 7.86. The summed E-state index contributed by atoms with van der Waals surface area (Å²) < 4.78 is 54.8. The second-order valence-corrected chi connectivity index (χ2v) is 5.29. The Morgan fingerprint density at radius 1 is 1.54 bits per heavy atom. The van der Waals surface area contributed by atoms with E-state index in [0.29, 0.717) is 0 Å². The van der Waals surface area contributed by atoms with Gasteiger partial charge in [-0.25, -0.2) is 8.37 Å². The molecule has 1 fully saturated rings. The molecule has 0 aromatic carbocycles. The summed E-state index contributed by atoms with van der Waals surface area (Å²) in [4.78, 5) is 0. The van der Waals surface area contributed by atoms with Crippen LogP contribution >= 0.6 is 0 Å². The van der Waals surface area contributed by atoms with E-state index >= 15 is 0 Å². The molecule has 13 heavy (non-hydrogen) atoms. The van der Waals surface area contributed by atoms with Gasteiger partial charge in [0, 0.05) is 0 Å². The normalized spacial score (nSPS) is 27.6. The standard InChI is InChI=1S/C4H8O7S2/c1-12(5,6)9-2-4-3-10-13(7,8)11-4/h4H,2-3H2,1H3. The van der Waals surface area contributed by atoms with Crippen LogP contribution in [-0.2, 0) is 33.1 Å². The van der Waals surface area contributed by atoms with Crippen molar-refractivity contribution >= 4 is 20.5 Å². The summed E-state index contributed by atoms with van der Waals surface area (Å²) in [5, 5.41) is 0. The molecule has 78 valence electrons. The van der Waals surface area contributed by atoms with Crippen molar-refractivity contribution in [3.8, 4) is 0 Å². The fourth-order valence-electron chi connectivity index (χ4n) is 0.657. The molecule has 0 radical (unpaired) electrons. The van der Waals surface area contributed by atoms with Crippen LogP contribution in [0.4, 0.5) is 0 Å². The van der Waals surface area contributed by atoms with Crippen LogP contribution in [0.25, 0.3) is 0 Å². The zero-order valence-electron chi connectivity index (χ0n) is 6.67. The van der Waals surface area contributed by atoms with E-state index in [9.17, 15) is 16.8 Å². The molecule has 0 aromatic heterocycles. The molecule has 0 aliphatic carbocycles. The fraction of sp³-hybridized carbons (Fsp3) is 1.00. The maximum atomic E-state index is 10.5. The third-order valence-electron chi connectivity index (χ3n) is 1.12. The van der Waals surface area contributed by atoms with Gasteiger partial charge in [-0.05, 0) is 0 Å². The Hall–Kier alpha value is -0.220. The first-order valence-corrected chi connectivity index (χ1v) is 6.35. The largest absolute Gasteiger partial charge is 0.400 e. The average molecular weight is 232 g/mol. The summed E-state index contributed by atoms with van der Waals surface area (Å²) in [6.45, 7) is -0.587. The van der Waals surface area contributed by atoms with Crippen LogP contribution in [0.3, 0.4) is 0 Å². The second-order valence-electron chi connectivity index (χ2n) is 2.40. The summed E-state index contributed by atoms with van der Waals surface area (Å²) in [6.07, 6.45) is -0.0307. The van der Waals surface area contributed by atoms with Gasteiger partial charge in [0.1, 0.15) is 6.10 Å². The van der Waals surface area contributed by atoms with Crippen LogP contribution in [0.1, 0.15) is 0 Å². The topological polar surface area (TPSA) is 96.0 Å². The van der Waals surface area contributed by atoms with E-state index in [1.807, 2.05) is 0 Å². The first-order valence-electron chi connectivity index (χ1n) is 3.20. The quantitative estimate of drug-likeness (QED) is 0.553. The summed E-state index contributed by atoms with van der Waals surface area (Å²) >= 11 is 0. The minimum Gasteiger partial charge on any atom is -0.267 e. The van der Waals surface area contributed by atoms with Crippen LogP contribution in [-0.4, -0.2) is 42.4 Å². The van der Waals surface area contributed by atoms with Gasteiger partial charge in [0.05, 0.1) is 19.5 Å². The zero-order valence-corrected chi connectivity index (χ0v) is 8.30. The number of rotatable bonds is 3. The zero-order chi connectivity index (χ0) is 10.1. The fourth-order valence-corrected chi connectivity index (χ4v) is 1.87. The van der Waals surface area contributed by atoms with E-state index in [-0.39, 0.29) is 13.2 Å². The van der Waals surface area contributed by atoms with Crippen LogP contribution in [0.2, 0.25) is 0 Å². The molecule has 0 bridgehead atoms. The third kappa shape index (κ3) is 4.00. The van der Waals surface area contributed by atoms with Crippen LogP contribution in [0, 0.1) is 0 Å². The lowest BCUT2D eigenvalue weighted by Gasteiger charge is -2.03. The van der Waals surface area contributed by atoms with E-state index < -0.39 is 26.6 Å². The van der Waals surface area contributed by atoms with Crippen LogP contribution < -0.4 is 0 Å². The van der Waals surface area contributed by atoms with E-state index in [2.05, 4.69) is 12.5 Å². The molecule has 0 amide bonds. The van der Waals surface area contributed by atoms with Gasteiger partial charge in [-0.1, -0.05) is 0 Å². The van der Waals surface area contributed by atoms with Crippen molar-refractivity contribution in [2.24, 2.45) is 0 Å². The van der Waals surface area contributed by atoms with Gasteiger partial charge >= 0.3 is 10.4 Å². The summed E-state index contributed by atoms with van der Waals surface area (Å²) in [6, 6.07) is 0. The Morgan fingerprint density at radius 2 is 2.15 bits per heavy atom. The minimum atomic E-state index is -3.94. The predicted molar refractivity (Wildman–Crippen MR) is 40.5 cm³/mol. The van der Waals surface area contributed by atoms with Crippen molar-refractivity contribution < 1.29 is 29.4 Å². The highest BCUT2D eigenvalue weighted by Gasteiger charge is 2.30. The third-order valence-corrected chi connectivity index (χ3v) is 2.62. The molecule has 1 aliphatic heterocycles. The van der Waals surface area contributed by atoms with Gasteiger partial charge in [-0.15, -0.1) is 0 Å². The first kappa shape index (κ1) is 10.9. The van der Waals surface area contributed by atoms with Gasteiger partial charge in [-0.2, -0.15) is 16.8 Å². The van der Waals surface area contributed by atoms with Crippen molar-refractivity contribution in [2.45, 2.75) is 6.10 Å². The monoisotopic (exact) mass is 232 g/mol. The van der Waals surface area contributed by atoms with E-state index in [1.54, 1.807) is 0 Å². The van der Waals surface area contributed by atoms with Gasteiger partial charge in [0.15, 0.2) is 0 Å². The molecule has 1 unspecified atom stereocenters. The molecule has 0 spiro atoms. The molecule has 0 aromatic rings. The van der Waals surface area contributed by atoms with Crippen molar-refractivity contribution in [3.63, 3.8) is 0 Å². The highest BCUT2D eigenvalue weighted by atomic mass is 32.3. The van der Waals surface area contributed by atoms with Crippen LogP contribution in [0.15, 0.2) is 0 Å². The summed E-state index contributed by atoms with van der Waals surface area (Å²) in [5.41, 5.74) is 0. The summed E-state index contributed by atoms with van der Waals surface area (Å²) in [7, 11) is -7.52. The Bertz CT molecular complexity index is 365. The van der Waals surface area contributed by atoms with Crippen molar-refractivity contribution in [2.75, 3.05) is 19.5 Å². The first-order chi connectivity index (χ1) is 5.79. The van der Waals surface area contributed by atoms with Crippen molar-refractivity contribution in [1.82, 2.24) is 0 Å². The van der Waals surface area contributed by atoms with Gasteiger partial charge < -0.3 is 0 Å². The number of hydrogen-bond acceptors (Lipinski definition) is 7. The molecule has 1 heterocycles. The SMILES string of the molecule is CS(=O)(=O)OCC1COS(=O)(=O)O1. The maximum absolute atomic E-state index is 10.5. The Morgan fingerprint density at radius 3 is 2.54 bits per heavy atom. The maximum Gasteiger partial charge on any atom is 0.400 e. The van der Waals surface area contributed by atoms with Crippen molar-refractivity contribution in [3.05, 3.63) is 0 Å². The van der Waals surface area contributed by atoms with E-state index in [1.165, 1.54) is 0 Å². The highest BCUT2D eigenvalue weighted by Crippen LogP contribution is 2.13. The lowest BCUT2D eigenvalue weighted by Crippen LogP contribution is -2.20. The predicted octanol–water partition coefficient (Wildman–Crippen LogP) is -1.38. The van der Waals surface area contributed by atoms with Gasteiger partial charge in [0.2, 0.25) is 0 Å². The molecule has 1 aliphatic rings. The molecular weight excluding hydrogens is 224 g/mol. The Kier molecular flexibility index (Phi) is 2.92. The molecule has 1 saturated heterocycles. The lowest BCUT2D eigenvalue weighted by molar-refractivity contribution is 0.154. The molecule has 1 rings (SSSR count). The molecule has 7 nitrogen and oxygen atoms in total. The van der Waals surface area contributed by atoms with E-state index in [4.69, 9.17) is 0 Å². The van der Waals surface area contributed by atoms with E-state index in [0.717, 1.165) is 6.26 Å². The Balaban J connectivity index is 2.42. The second kappa shape index (κ2) is 3.50. The number of hydrogen-bond donors (Lipinski definition) is 0. The van der Waals surface area contributed by atoms with Gasteiger partial charge in [0.25, 0.3) is 10.1 Å². The minimum absolute atomic E-state index is 0.224. The molecule has 0 N–H and O–H groups in total. The molecule has 1 atom stereocenters. The molecule has 0 saturated carbocycles.